The number of hydrogen-bond acceptors (Lipinski definition) is 7. The molecule has 42 heavy (non-hydrogen) atoms. The zero-order valence-corrected chi connectivity index (χ0v) is 25.1. The number of nitrogens with zero attached hydrogens (tertiary/aromatic N) is 5. The van der Waals surface area contributed by atoms with Gasteiger partial charge in [0, 0.05) is 55.8 Å². The first kappa shape index (κ1) is 27.2. The van der Waals surface area contributed by atoms with Crippen LogP contribution in [0.3, 0.4) is 0 Å². The fourth-order valence-corrected chi connectivity index (χ4v) is 7.77. The second kappa shape index (κ2) is 9.98. The molecule has 4 heterocycles. The lowest BCUT2D eigenvalue weighted by Gasteiger charge is -2.44. The van der Waals surface area contributed by atoms with Crippen molar-refractivity contribution in [2.24, 2.45) is 17.6 Å². The number of aromatic nitrogens is 4. The highest BCUT2D eigenvalue weighted by molar-refractivity contribution is 6.00. The molecular weight excluding hydrogens is 532 g/mol. The highest BCUT2D eigenvalue weighted by Gasteiger charge is 2.47. The number of benzene rings is 1. The molecule has 222 valence electrons. The summed E-state index contributed by atoms with van der Waals surface area (Å²) in [5.41, 5.74) is 10.4. The molecule has 10 heteroatoms. The summed E-state index contributed by atoms with van der Waals surface area (Å²) < 4.78 is 21.6. The van der Waals surface area contributed by atoms with Crippen LogP contribution in [-0.4, -0.2) is 75.5 Å². The first-order valence-corrected chi connectivity index (χ1v) is 15.0. The molecule has 0 radical (unpaired) electrons. The Morgan fingerprint density at radius 2 is 1.88 bits per heavy atom. The van der Waals surface area contributed by atoms with Crippen molar-refractivity contribution in [3.05, 3.63) is 35.9 Å². The number of methoxy groups -OCH3 is 3. The number of nitrogens with two attached hydrogens (primary N) is 1. The van der Waals surface area contributed by atoms with Crippen molar-refractivity contribution in [1.29, 1.82) is 0 Å². The second-order valence-corrected chi connectivity index (χ2v) is 12.5. The van der Waals surface area contributed by atoms with Gasteiger partial charge in [0.15, 0.2) is 5.82 Å². The lowest BCUT2D eigenvalue weighted by molar-refractivity contribution is -0.0937. The van der Waals surface area contributed by atoms with Crippen LogP contribution in [0, 0.1) is 11.8 Å². The molecule has 1 saturated heterocycles. The quantitative estimate of drug-likeness (QED) is 0.332. The predicted octanol–water partition coefficient (Wildman–Crippen LogP) is 4.47. The number of hydrogen-bond donors (Lipinski definition) is 1. The number of rotatable bonds is 8. The van der Waals surface area contributed by atoms with E-state index in [0.717, 1.165) is 72.4 Å². The highest BCUT2D eigenvalue weighted by atomic mass is 16.5. The molecule has 2 unspecified atom stereocenters. The maximum absolute atomic E-state index is 13.8. The van der Waals surface area contributed by atoms with Gasteiger partial charge in [-0.25, -0.2) is 4.98 Å². The van der Waals surface area contributed by atoms with Gasteiger partial charge in [0.1, 0.15) is 16.9 Å². The summed E-state index contributed by atoms with van der Waals surface area (Å²) in [6.45, 7) is 6.48. The van der Waals surface area contributed by atoms with E-state index in [1.807, 2.05) is 29.2 Å². The Kier molecular flexibility index (Phi) is 6.47. The zero-order chi connectivity index (χ0) is 29.3. The molecule has 1 amide bonds. The van der Waals surface area contributed by atoms with Crippen molar-refractivity contribution in [2.75, 3.05) is 27.9 Å². The summed E-state index contributed by atoms with van der Waals surface area (Å²) in [5.74, 6) is 2.87. The van der Waals surface area contributed by atoms with E-state index in [9.17, 15) is 4.79 Å². The van der Waals surface area contributed by atoms with E-state index < -0.39 is 0 Å². The predicted molar refractivity (Wildman–Crippen MR) is 161 cm³/mol. The van der Waals surface area contributed by atoms with Crippen molar-refractivity contribution >= 4 is 28.0 Å². The van der Waals surface area contributed by atoms with Crippen LogP contribution in [0.4, 0.5) is 0 Å². The van der Waals surface area contributed by atoms with Crippen LogP contribution in [0.1, 0.15) is 49.9 Å². The molecule has 1 aliphatic heterocycles. The zero-order valence-electron chi connectivity index (χ0n) is 25.1. The average molecular weight is 573 g/mol. The Bertz CT molecular complexity index is 1690. The van der Waals surface area contributed by atoms with Crippen LogP contribution in [0.25, 0.3) is 33.6 Å². The van der Waals surface area contributed by atoms with Crippen LogP contribution in [0.5, 0.6) is 11.6 Å². The standard InChI is InChI=1S/C32H40N6O4/c1-6-36-24(12-19-8-10-26(41-4)35-29(19)36)30-34-22-11-21(31(39)37-17-20-7-9-23(37)27(20)33)13-25(40-3)28(22)38(30)16-18-14-32(2,15-18)42-5/h8,10-13,18,20,23,27H,6-7,9,14-17,33H2,1-5H3/t18?,20?,23?,27-,32?/m1/s1. The van der Waals surface area contributed by atoms with Gasteiger partial charge in [-0.1, -0.05) is 0 Å². The lowest BCUT2D eigenvalue weighted by atomic mass is 9.72. The molecule has 3 fully saturated rings. The topological polar surface area (TPSA) is 110 Å². The van der Waals surface area contributed by atoms with Crippen molar-refractivity contribution in [3.8, 4) is 23.1 Å². The molecule has 2 saturated carbocycles. The van der Waals surface area contributed by atoms with Crippen molar-refractivity contribution in [3.63, 3.8) is 0 Å². The minimum Gasteiger partial charge on any atom is -0.494 e. The third kappa shape index (κ3) is 4.10. The van der Waals surface area contributed by atoms with Gasteiger partial charge < -0.3 is 34.0 Å². The largest absolute Gasteiger partial charge is 0.494 e. The maximum Gasteiger partial charge on any atom is 0.254 e. The van der Waals surface area contributed by atoms with E-state index in [4.69, 9.17) is 29.9 Å². The third-order valence-corrected chi connectivity index (χ3v) is 10.0. The van der Waals surface area contributed by atoms with Crippen LogP contribution < -0.4 is 15.2 Å². The third-order valence-electron chi connectivity index (χ3n) is 10.0. The molecule has 3 atom stereocenters. The van der Waals surface area contributed by atoms with Gasteiger partial charge >= 0.3 is 0 Å². The Hall–Kier alpha value is -3.63. The van der Waals surface area contributed by atoms with Gasteiger partial charge in [-0.3, -0.25) is 4.79 Å². The number of aryl methyl sites for hydroxylation is 1. The molecule has 4 aromatic rings. The van der Waals surface area contributed by atoms with E-state index in [0.29, 0.717) is 35.6 Å². The molecule has 2 aliphatic carbocycles. The Labute approximate surface area is 245 Å². The highest BCUT2D eigenvalue weighted by Crippen LogP contribution is 2.44. The molecule has 1 aromatic carbocycles. The molecular formula is C32H40N6O4. The van der Waals surface area contributed by atoms with E-state index in [-0.39, 0.29) is 23.6 Å². The number of carbonyl (C=O) groups is 1. The number of imidazole rings is 1. The van der Waals surface area contributed by atoms with Gasteiger partial charge in [0.05, 0.1) is 31.0 Å². The lowest BCUT2D eigenvalue weighted by Crippen LogP contribution is -2.44. The number of ether oxygens (including phenoxy) is 3. The number of carbonyl (C=O) groups excluding carboxylic acids is 1. The number of piperidine rings is 1. The smallest absolute Gasteiger partial charge is 0.254 e. The van der Waals surface area contributed by atoms with Crippen molar-refractivity contribution in [1.82, 2.24) is 24.0 Å². The van der Waals surface area contributed by atoms with Crippen LogP contribution in [-0.2, 0) is 17.8 Å². The Morgan fingerprint density at radius 1 is 1.07 bits per heavy atom. The first-order valence-electron chi connectivity index (χ1n) is 15.0. The van der Waals surface area contributed by atoms with Crippen LogP contribution >= 0.6 is 0 Å². The molecule has 0 spiro atoms. The summed E-state index contributed by atoms with van der Waals surface area (Å²) in [4.78, 5) is 25.7. The van der Waals surface area contributed by atoms with Crippen LogP contribution in [0.2, 0.25) is 0 Å². The molecule has 2 N–H and O–H groups in total. The van der Waals surface area contributed by atoms with Gasteiger partial charge in [-0.2, -0.15) is 4.98 Å². The van der Waals surface area contributed by atoms with Crippen molar-refractivity contribution < 1.29 is 19.0 Å². The van der Waals surface area contributed by atoms with Crippen LogP contribution in [0.15, 0.2) is 30.3 Å². The Morgan fingerprint density at radius 3 is 2.52 bits per heavy atom. The minimum absolute atomic E-state index is 0.00257. The molecule has 2 bridgehead atoms. The van der Waals surface area contributed by atoms with E-state index in [2.05, 4.69) is 29.0 Å². The van der Waals surface area contributed by atoms with Gasteiger partial charge in [0.2, 0.25) is 5.88 Å². The summed E-state index contributed by atoms with van der Waals surface area (Å²) in [5, 5.41) is 1.02. The fourth-order valence-electron chi connectivity index (χ4n) is 7.77. The summed E-state index contributed by atoms with van der Waals surface area (Å²) in [6.07, 6.45) is 4.00. The van der Waals surface area contributed by atoms with Crippen molar-refractivity contribution in [2.45, 2.75) is 70.3 Å². The minimum atomic E-state index is -0.0976. The summed E-state index contributed by atoms with van der Waals surface area (Å²) in [7, 11) is 5.08. The molecule has 10 nitrogen and oxygen atoms in total. The van der Waals surface area contributed by atoms with Gasteiger partial charge in [0.25, 0.3) is 5.91 Å². The molecule has 7 rings (SSSR count). The number of pyridine rings is 1. The normalized spacial score (nSPS) is 26.8. The van der Waals surface area contributed by atoms with E-state index in [1.165, 1.54) is 0 Å². The SMILES string of the molecule is CCn1c(-c2nc3cc(C(=O)N4CC5CCC4[C@@H]5N)cc(OC)c3n2CC2CC(C)(OC)C2)cc2ccc(OC)nc21. The maximum atomic E-state index is 13.8. The number of amides is 1. The summed E-state index contributed by atoms with van der Waals surface area (Å²) >= 11 is 0. The fraction of sp³-hybridized carbons (Fsp3) is 0.531. The molecule has 3 aromatic heterocycles. The number of likely N-dealkylation sites (tertiary alicyclic amines) is 1. The Balaban J connectivity index is 1.37. The first-order chi connectivity index (χ1) is 20.3. The van der Waals surface area contributed by atoms with E-state index in [1.54, 1.807) is 21.3 Å². The van der Waals surface area contributed by atoms with E-state index >= 15 is 0 Å². The van der Waals surface area contributed by atoms with Gasteiger partial charge in [-0.15, -0.1) is 0 Å². The molecule has 3 aliphatic rings. The monoisotopic (exact) mass is 572 g/mol. The van der Waals surface area contributed by atoms with Gasteiger partial charge in [-0.05, 0) is 75.6 Å². The summed E-state index contributed by atoms with van der Waals surface area (Å²) in [6, 6.07) is 10.0. The average Bonchev–Trinajstić information content (AvgIpc) is 3.73. The second-order valence-electron chi connectivity index (χ2n) is 12.5. The number of fused-ring (bicyclic) bond motifs is 4.